The third kappa shape index (κ3) is 2.11. The largest absolute Gasteiger partial charge is 0.323 e. The van der Waals surface area contributed by atoms with Gasteiger partial charge >= 0.3 is 0 Å². The fraction of sp³-hybridized carbons (Fsp3) is 0.667. The molecule has 14 heavy (non-hydrogen) atoms. The van der Waals surface area contributed by atoms with Gasteiger partial charge in [0.25, 0.3) is 0 Å². The summed E-state index contributed by atoms with van der Waals surface area (Å²) >= 11 is 0. The zero-order chi connectivity index (χ0) is 9.97. The molecule has 2 heteroatoms. The zero-order valence-corrected chi connectivity index (χ0v) is 9.11. The number of hydrogen-bond donors (Lipinski definition) is 1. The van der Waals surface area contributed by atoms with Crippen molar-refractivity contribution >= 4 is 0 Å². The molecule has 1 aromatic heterocycles. The van der Waals surface area contributed by atoms with Crippen LogP contribution in [-0.4, -0.2) is 10.7 Å². The van der Waals surface area contributed by atoms with Crippen molar-refractivity contribution in [2.45, 2.75) is 39.2 Å². The van der Waals surface area contributed by atoms with E-state index < -0.39 is 0 Å². The van der Waals surface area contributed by atoms with Gasteiger partial charge in [0.1, 0.15) is 0 Å². The van der Waals surface area contributed by atoms with Crippen LogP contribution in [0.5, 0.6) is 0 Å². The summed E-state index contributed by atoms with van der Waals surface area (Å²) in [7, 11) is 0. The Morgan fingerprint density at radius 1 is 1.14 bits per heavy atom. The number of rotatable bonds is 2. The van der Waals surface area contributed by atoms with Crippen LogP contribution in [0.2, 0.25) is 0 Å². The van der Waals surface area contributed by atoms with E-state index in [1.165, 1.54) is 19.3 Å². The first-order valence-electron chi connectivity index (χ1n) is 5.65. The maximum Gasteiger partial charge on any atom is 0.0450 e. The van der Waals surface area contributed by atoms with Crippen LogP contribution in [0.15, 0.2) is 24.5 Å². The van der Waals surface area contributed by atoms with Crippen molar-refractivity contribution in [1.29, 1.82) is 0 Å². The first-order valence-corrected chi connectivity index (χ1v) is 5.65. The first kappa shape index (κ1) is 9.63. The maximum atomic E-state index is 3.55. The Kier molecular flexibility index (Phi) is 2.80. The average Bonchev–Trinajstić information content (AvgIpc) is 2.62. The molecule has 0 bridgehead atoms. The third-order valence-corrected chi connectivity index (χ3v) is 3.35. The molecular formula is C12H20N2. The van der Waals surface area contributed by atoms with E-state index in [2.05, 4.69) is 48.5 Å². The standard InChI is InChI=1S/C12H20N2/c1-10-5-6-12(11(2)9-10)13-14-7-3-4-8-14/h3-4,7-8,10-13H,5-6,9H2,1-2H3. The molecule has 3 unspecified atom stereocenters. The van der Waals surface area contributed by atoms with Gasteiger partial charge in [-0.1, -0.05) is 13.8 Å². The molecule has 0 spiro atoms. The summed E-state index contributed by atoms with van der Waals surface area (Å²) in [6, 6.07) is 4.77. The van der Waals surface area contributed by atoms with Crippen molar-refractivity contribution in [3.8, 4) is 0 Å². The van der Waals surface area contributed by atoms with Crippen LogP contribution in [-0.2, 0) is 0 Å². The summed E-state index contributed by atoms with van der Waals surface area (Å²) in [4.78, 5) is 0. The quantitative estimate of drug-likeness (QED) is 0.762. The van der Waals surface area contributed by atoms with Crippen LogP contribution >= 0.6 is 0 Å². The number of nitrogens with one attached hydrogen (secondary N) is 1. The van der Waals surface area contributed by atoms with E-state index in [0.717, 1.165) is 11.8 Å². The first-order chi connectivity index (χ1) is 6.75. The van der Waals surface area contributed by atoms with Gasteiger partial charge in [-0.05, 0) is 43.2 Å². The predicted molar refractivity (Wildman–Crippen MR) is 59.8 cm³/mol. The van der Waals surface area contributed by atoms with Gasteiger partial charge in [0, 0.05) is 18.4 Å². The zero-order valence-electron chi connectivity index (χ0n) is 9.11. The molecule has 1 saturated carbocycles. The fourth-order valence-corrected chi connectivity index (χ4v) is 2.47. The molecule has 0 radical (unpaired) electrons. The third-order valence-electron chi connectivity index (χ3n) is 3.35. The van der Waals surface area contributed by atoms with E-state index in [-0.39, 0.29) is 0 Å². The highest BCUT2D eigenvalue weighted by Crippen LogP contribution is 2.28. The van der Waals surface area contributed by atoms with Gasteiger partial charge in [0.05, 0.1) is 0 Å². The summed E-state index contributed by atoms with van der Waals surface area (Å²) in [6.45, 7) is 4.72. The molecule has 2 nitrogen and oxygen atoms in total. The molecule has 3 atom stereocenters. The van der Waals surface area contributed by atoms with Gasteiger partial charge in [-0.2, -0.15) is 0 Å². The minimum Gasteiger partial charge on any atom is -0.323 e. The number of nitrogens with zero attached hydrogens (tertiary/aromatic N) is 1. The summed E-state index contributed by atoms with van der Waals surface area (Å²) in [5, 5.41) is 0. The smallest absolute Gasteiger partial charge is 0.0450 e. The number of aromatic nitrogens is 1. The van der Waals surface area contributed by atoms with E-state index in [9.17, 15) is 0 Å². The van der Waals surface area contributed by atoms with E-state index in [4.69, 9.17) is 0 Å². The minimum atomic E-state index is 0.651. The van der Waals surface area contributed by atoms with Crippen LogP contribution in [0.1, 0.15) is 33.1 Å². The molecule has 0 aromatic carbocycles. The van der Waals surface area contributed by atoms with Crippen molar-refractivity contribution in [3.63, 3.8) is 0 Å². The highest BCUT2D eigenvalue weighted by Gasteiger charge is 2.24. The van der Waals surface area contributed by atoms with Gasteiger partial charge in [-0.25, -0.2) is 0 Å². The molecule has 2 rings (SSSR count). The van der Waals surface area contributed by atoms with Crippen molar-refractivity contribution < 1.29 is 0 Å². The van der Waals surface area contributed by atoms with E-state index >= 15 is 0 Å². The predicted octanol–water partition coefficient (Wildman–Crippen LogP) is 2.86. The van der Waals surface area contributed by atoms with Gasteiger partial charge < -0.3 is 5.43 Å². The SMILES string of the molecule is CC1CCC(Nn2cccc2)C(C)C1. The van der Waals surface area contributed by atoms with Gasteiger partial charge in [-0.15, -0.1) is 0 Å². The van der Waals surface area contributed by atoms with Crippen molar-refractivity contribution in [2.75, 3.05) is 5.43 Å². The van der Waals surface area contributed by atoms with Crippen molar-refractivity contribution in [2.24, 2.45) is 11.8 Å². The highest BCUT2D eigenvalue weighted by molar-refractivity contribution is 4.97. The Balaban J connectivity index is 1.92. The monoisotopic (exact) mass is 192 g/mol. The highest BCUT2D eigenvalue weighted by atomic mass is 15.4. The van der Waals surface area contributed by atoms with Gasteiger partial charge in [0.2, 0.25) is 0 Å². The maximum absolute atomic E-state index is 3.55. The molecule has 1 aromatic rings. The molecule has 78 valence electrons. The van der Waals surface area contributed by atoms with E-state index in [0.29, 0.717) is 6.04 Å². The lowest BCUT2D eigenvalue weighted by Gasteiger charge is -2.33. The summed E-state index contributed by atoms with van der Waals surface area (Å²) < 4.78 is 2.08. The Morgan fingerprint density at radius 3 is 2.50 bits per heavy atom. The Labute approximate surface area is 86.3 Å². The summed E-state index contributed by atoms with van der Waals surface area (Å²) in [5.74, 6) is 1.70. The molecule has 0 amide bonds. The second kappa shape index (κ2) is 4.07. The second-order valence-electron chi connectivity index (χ2n) is 4.72. The van der Waals surface area contributed by atoms with E-state index in [1.54, 1.807) is 0 Å². The van der Waals surface area contributed by atoms with Gasteiger partial charge in [-0.3, -0.25) is 4.68 Å². The van der Waals surface area contributed by atoms with Crippen LogP contribution < -0.4 is 5.43 Å². The molecular weight excluding hydrogens is 172 g/mol. The van der Waals surface area contributed by atoms with Gasteiger partial charge in [0.15, 0.2) is 0 Å². The lowest BCUT2D eigenvalue weighted by molar-refractivity contribution is 0.265. The fourth-order valence-electron chi connectivity index (χ4n) is 2.47. The van der Waals surface area contributed by atoms with E-state index in [1.807, 2.05) is 0 Å². The van der Waals surface area contributed by atoms with Crippen LogP contribution in [0.3, 0.4) is 0 Å². The normalized spacial score (nSPS) is 32.9. The number of hydrogen-bond acceptors (Lipinski definition) is 1. The molecule has 1 aliphatic carbocycles. The molecule has 1 heterocycles. The lowest BCUT2D eigenvalue weighted by atomic mass is 9.80. The average molecular weight is 192 g/mol. The van der Waals surface area contributed by atoms with Crippen LogP contribution in [0.25, 0.3) is 0 Å². The Bertz CT molecular complexity index is 266. The van der Waals surface area contributed by atoms with Crippen LogP contribution in [0, 0.1) is 11.8 Å². The summed E-state index contributed by atoms with van der Waals surface area (Å²) in [5.41, 5.74) is 3.55. The Morgan fingerprint density at radius 2 is 1.86 bits per heavy atom. The molecule has 0 aliphatic heterocycles. The second-order valence-corrected chi connectivity index (χ2v) is 4.72. The van der Waals surface area contributed by atoms with Crippen LogP contribution in [0.4, 0.5) is 0 Å². The molecule has 1 fully saturated rings. The summed E-state index contributed by atoms with van der Waals surface area (Å²) in [6.07, 6.45) is 8.18. The molecule has 1 N–H and O–H groups in total. The minimum absolute atomic E-state index is 0.651. The topological polar surface area (TPSA) is 17.0 Å². The lowest BCUT2D eigenvalue weighted by Crippen LogP contribution is -2.37. The molecule has 0 saturated heterocycles. The van der Waals surface area contributed by atoms with Crippen molar-refractivity contribution in [1.82, 2.24) is 4.68 Å². The Hall–Kier alpha value is -0.920. The van der Waals surface area contributed by atoms with Crippen molar-refractivity contribution in [3.05, 3.63) is 24.5 Å². The molecule has 1 aliphatic rings.